The quantitative estimate of drug-likeness (QED) is 0.832. The lowest BCUT2D eigenvalue weighted by atomic mass is 10.2. The molecule has 0 saturated heterocycles. The summed E-state index contributed by atoms with van der Waals surface area (Å²) in [7, 11) is 1.91. The van der Waals surface area contributed by atoms with Crippen molar-refractivity contribution in [2.24, 2.45) is 0 Å². The molecule has 0 spiro atoms. The molecule has 0 radical (unpaired) electrons. The van der Waals surface area contributed by atoms with Crippen LogP contribution in [0.25, 0.3) is 0 Å². The van der Waals surface area contributed by atoms with Crippen molar-refractivity contribution in [3.8, 4) is 0 Å². The number of carbonyl (C=O) groups excluding carboxylic acids is 1. The summed E-state index contributed by atoms with van der Waals surface area (Å²) in [5.41, 5.74) is 1.54. The van der Waals surface area contributed by atoms with Crippen molar-refractivity contribution in [1.82, 2.24) is 14.9 Å². The van der Waals surface area contributed by atoms with Gasteiger partial charge in [0, 0.05) is 31.1 Å². The second-order valence-electron chi connectivity index (χ2n) is 5.06. The standard InChI is InChI=1S/C16H19ClN4O/c1-12(16(22)20-14-7-5-10-19-15(14)17)21(2)11-8-13-6-3-4-9-18-13/h3-7,9-10,12H,8,11H2,1-2H3,(H,20,22)/t12-/m0/s1. The van der Waals surface area contributed by atoms with Crippen LogP contribution in [0.15, 0.2) is 42.7 Å². The molecule has 2 aromatic heterocycles. The zero-order valence-corrected chi connectivity index (χ0v) is 13.4. The predicted molar refractivity (Wildman–Crippen MR) is 87.9 cm³/mol. The van der Waals surface area contributed by atoms with Gasteiger partial charge in [-0.1, -0.05) is 17.7 Å². The molecule has 2 rings (SSSR count). The lowest BCUT2D eigenvalue weighted by molar-refractivity contribution is -0.120. The highest BCUT2D eigenvalue weighted by Gasteiger charge is 2.18. The number of hydrogen-bond donors (Lipinski definition) is 1. The summed E-state index contributed by atoms with van der Waals surface area (Å²) in [5.74, 6) is -0.113. The molecule has 0 unspecified atom stereocenters. The van der Waals surface area contributed by atoms with Crippen molar-refractivity contribution in [1.29, 1.82) is 0 Å². The minimum Gasteiger partial charge on any atom is -0.322 e. The molecule has 1 amide bonds. The largest absolute Gasteiger partial charge is 0.322 e. The minimum absolute atomic E-state index is 0.113. The number of nitrogens with zero attached hydrogens (tertiary/aromatic N) is 3. The topological polar surface area (TPSA) is 58.1 Å². The first-order chi connectivity index (χ1) is 10.6. The Morgan fingerprint density at radius 3 is 2.73 bits per heavy atom. The number of amides is 1. The van der Waals surface area contributed by atoms with Crippen LogP contribution in [0.4, 0.5) is 5.69 Å². The number of nitrogens with one attached hydrogen (secondary N) is 1. The number of anilines is 1. The maximum Gasteiger partial charge on any atom is 0.241 e. The number of carbonyl (C=O) groups is 1. The van der Waals surface area contributed by atoms with Gasteiger partial charge < -0.3 is 5.32 Å². The van der Waals surface area contributed by atoms with Crippen LogP contribution in [0, 0.1) is 0 Å². The van der Waals surface area contributed by atoms with Crippen molar-refractivity contribution in [3.63, 3.8) is 0 Å². The van der Waals surface area contributed by atoms with Crippen LogP contribution in [-0.4, -0.2) is 40.4 Å². The third-order valence-corrected chi connectivity index (χ3v) is 3.81. The van der Waals surface area contributed by atoms with E-state index >= 15 is 0 Å². The van der Waals surface area contributed by atoms with E-state index in [1.54, 1.807) is 24.5 Å². The fraction of sp³-hybridized carbons (Fsp3) is 0.312. The Hall–Kier alpha value is -1.98. The summed E-state index contributed by atoms with van der Waals surface area (Å²) in [4.78, 5) is 22.5. The van der Waals surface area contributed by atoms with E-state index < -0.39 is 0 Å². The number of rotatable bonds is 6. The van der Waals surface area contributed by atoms with Crippen LogP contribution in [0.3, 0.4) is 0 Å². The zero-order chi connectivity index (χ0) is 15.9. The zero-order valence-electron chi connectivity index (χ0n) is 12.7. The maximum atomic E-state index is 12.3. The van der Waals surface area contributed by atoms with E-state index in [1.807, 2.05) is 37.1 Å². The Bertz CT molecular complexity index is 621. The average Bonchev–Trinajstić information content (AvgIpc) is 2.55. The monoisotopic (exact) mass is 318 g/mol. The van der Waals surface area contributed by atoms with Crippen LogP contribution in [0.5, 0.6) is 0 Å². The van der Waals surface area contributed by atoms with Crippen molar-refractivity contribution < 1.29 is 4.79 Å². The van der Waals surface area contributed by atoms with Gasteiger partial charge in [-0.25, -0.2) is 4.98 Å². The second-order valence-corrected chi connectivity index (χ2v) is 5.42. The maximum absolute atomic E-state index is 12.3. The Balaban J connectivity index is 1.88. The number of likely N-dealkylation sites (N-methyl/N-ethyl adjacent to an activating group) is 1. The van der Waals surface area contributed by atoms with Crippen molar-refractivity contribution in [2.45, 2.75) is 19.4 Å². The normalized spacial score (nSPS) is 12.2. The molecule has 1 atom stereocenters. The second kappa shape index (κ2) is 7.87. The van der Waals surface area contributed by atoms with Crippen LogP contribution >= 0.6 is 11.6 Å². The Morgan fingerprint density at radius 2 is 2.05 bits per heavy atom. The third-order valence-electron chi connectivity index (χ3n) is 3.50. The highest BCUT2D eigenvalue weighted by molar-refractivity contribution is 6.32. The van der Waals surface area contributed by atoms with Crippen molar-refractivity contribution >= 4 is 23.2 Å². The predicted octanol–water partition coefficient (Wildman–Crippen LogP) is 2.63. The van der Waals surface area contributed by atoms with Crippen LogP contribution in [-0.2, 0) is 11.2 Å². The average molecular weight is 319 g/mol. The van der Waals surface area contributed by atoms with Crippen molar-refractivity contribution in [2.75, 3.05) is 18.9 Å². The summed E-state index contributed by atoms with van der Waals surface area (Å²) in [6.45, 7) is 2.60. The molecule has 0 fully saturated rings. The molecule has 2 heterocycles. The van der Waals surface area contributed by atoms with Gasteiger partial charge in [0.25, 0.3) is 0 Å². The van der Waals surface area contributed by atoms with Gasteiger partial charge in [-0.2, -0.15) is 0 Å². The number of aromatic nitrogens is 2. The van der Waals surface area contributed by atoms with E-state index in [0.717, 1.165) is 18.7 Å². The van der Waals surface area contributed by atoms with Gasteiger partial charge in [-0.15, -0.1) is 0 Å². The van der Waals surface area contributed by atoms with Gasteiger partial charge in [0.1, 0.15) is 0 Å². The fourth-order valence-electron chi connectivity index (χ4n) is 1.95. The van der Waals surface area contributed by atoms with E-state index in [0.29, 0.717) is 10.8 Å². The number of pyridine rings is 2. The molecule has 0 aliphatic rings. The molecule has 6 heteroatoms. The van der Waals surface area contributed by atoms with E-state index in [-0.39, 0.29) is 11.9 Å². The van der Waals surface area contributed by atoms with Gasteiger partial charge in [-0.05, 0) is 38.2 Å². The number of halogens is 1. The van der Waals surface area contributed by atoms with Crippen LogP contribution in [0.2, 0.25) is 5.15 Å². The van der Waals surface area contributed by atoms with Gasteiger partial charge in [0.05, 0.1) is 11.7 Å². The molecule has 116 valence electrons. The van der Waals surface area contributed by atoms with Gasteiger partial charge in [0.2, 0.25) is 5.91 Å². The summed E-state index contributed by atoms with van der Waals surface area (Å²) in [6.07, 6.45) is 4.15. The lowest BCUT2D eigenvalue weighted by Crippen LogP contribution is -2.40. The lowest BCUT2D eigenvalue weighted by Gasteiger charge is -2.23. The molecular weight excluding hydrogens is 300 g/mol. The van der Waals surface area contributed by atoms with Gasteiger partial charge >= 0.3 is 0 Å². The van der Waals surface area contributed by atoms with E-state index in [2.05, 4.69) is 15.3 Å². The van der Waals surface area contributed by atoms with Gasteiger partial charge in [-0.3, -0.25) is 14.7 Å². The molecular formula is C16H19ClN4O. The highest BCUT2D eigenvalue weighted by atomic mass is 35.5. The van der Waals surface area contributed by atoms with Crippen LogP contribution in [0.1, 0.15) is 12.6 Å². The third kappa shape index (κ3) is 4.51. The van der Waals surface area contributed by atoms with E-state index in [9.17, 15) is 4.79 Å². The molecule has 5 nitrogen and oxygen atoms in total. The van der Waals surface area contributed by atoms with Gasteiger partial charge in [0.15, 0.2) is 5.15 Å². The Labute approximate surface area is 135 Å². The van der Waals surface area contributed by atoms with E-state index in [1.165, 1.54) is 0 Å². The smallest absolute Gasteiger partial charge is 0.241 e. The fourth-order valence-corrected chi connectivity index (χ4v) is 2.11. The molecule has 0 aliphatic carbocycles. The highest BCUT2D eigenvalue weighted by Crippen LogP contribution is 2.18. The summed E-state index contributed by atoms with van der Waals surface area (Å²) < 4.78 is 0. The molecule has 0 aromatic carbocycles. The summed E-state index contributed by atoms with van der Waals surface area (Å²) in [6, 6.07) is 9.02. The SMILES string of the molecule is C[C@@H](C(=O)Nc1cccnc1Cl)N(C)CCc1ccccn1. The molecule has 1 N–H and O–H groups in total. The first-order valence-corrected chi connectivity index (χ1v) is 7.47. The molecule has 0 bridgehead atoms. The van der Waals surface area contributed by atoms with E-state index in [4.69, 9.17) is 11.6 Å². The molecule has 2 aromatic rings. The van der Waals surface area contributed by atoms with Crippen molar-refractivity contribution in [3.05, 3.63) is 53.6 Å². The molecule has 0 aliphatic heterocycles. The first kappa shape index (κ1) is 16.4. The number of hydrogen-bond acceptors (Lipinski definition) is 4. The Kier molecular flexibility index (Phi) is 5.86. The molecule has 0 saturated carbocycles. The summed E-state index contributed by atoms with van der Waals surface area (Å²) in [5, 5.41) is 3.09. The van der Waals surface area contributed by atoms with Crippen LogP contribution < -0.4 is 5.32 Å². The molecule has 22 heavy (non-hydrogen) atoms. The Morgan fingerprint density at radius 1 is 1.27 bits per heavy atom. The first-order valence-electron chi connectivity index (χ1n) is 7.09. The summed E-state index contributed by atoms with van der Waals surface area (Å²) >= 11 is 5.95. The minimum atomic E-state index is -0.278.